The van der Waals surface area contributed by atoms with Crippen molar-refractivity contribution in [3.8, 4) is 0 Å². The molecule has 0 aliphatic rings. The number of carbonyl (C=O) groups excluding carboxylic acids is 3. The van der Waals surface area contributed by atoms with Crippen LogP contribution in [0.2, 0.25) is 0 Å². The normalized spacial score (nSPS) is 12.1. The maximum atomic E-state index is 12.6. The van der Waals surface area contributed by atoms with Gasteiger partial charge in [-0.1, -0.05) is 26.8 Å². The quantitative estimate of drug-likeness (QED) is 0.718. The van der Waals surface area contributed by atoms with E-state index in [9.17, 15) is 19.5 Å². The molecule has 0 radical (unpaired) electrons. The van der Waals surface area contributed by atoms with Crippen molar-refractivity contribution in [2.45, 2.75) is 60.0 Å². The fourth-order valence-electron chi connectivity index (χ4n) is 2.81. The van der Waals surface area contributed by atoms with Crippen LogP contribution in [0.25, 0.3) is 10.9 Å². The molecule has 1 aromatic heterocycles. The zero-order valence-corrected chi connectivity index (χ0v) is 19.0. The second-order valence-electron chi connectivity index (χ2n) is 9.61. The van der Waals surface area contributed by atoms with Crippen LogP contribution in [0, 0.1) is 5.41 Å². The fourth-order valence-corrected chi connectivity index (χ4v) is 2.81. The third-order valence-corrected chi connectivity index (χ3v) is 4.42. The van der Waals surface area contributed by atoms with Gasteiger partial charge in [-0.25, -0.2) is 9.36 Å². The standard InChI is InChI=1S/C23H32N2O6/c1-22(2,3)10-12-30-21(29)25-17-14-16(8-7-15(17)13-18(25)20(27)28)24-19(26)9-11-31-23(4,5)6/h7-8,13-14H,9-12H2,1-6H3,(H,24,26)(H,27,28)/p-1. The lowest BCUT2D eigenvalue weighted by Crippen LogP contribution is -2.29. The first-order chi connectivity index (χ1) is 14.3. The van der Waals surface area contributed by atoms with E-state index in [1.165, 1.54) is 12.1 Å². The molecule has 2 rings (SSSR count). The van der Waals surface area contributed by atoms with Crippen LogP contribution >= 0.6 is 0 Å². The molecular weight excluding hydrogens is 400 g/mol. The van der Waals surface area contributed by atoms with Crippen molar-refractivity contribution in [2.75, 3.05) is 18.5 Å². The van der Waals surface area contributed by atoms with Gasteiger partial charge in [0.05, 0.1) is 42.4 Å². The molecule has 0 aliphatic carbocycles. The van der Waals surface area contributed by atoms with Crippen molar-refractivity contribution in [1.29, 1.82) is 0 Å². The Hall–Kier alpha value is -2.87. The molecule has 0 fully saturated rings. The van der Waals surface area contributed by atoms with Crippen LogP contribution in [-0.4, -0.2) is 41.4 Å². The molecule has 1 N–H and O–H groups in total. The van der Waals surface area contributed by atoms with Gasteiger partial charge in [0, 0.05) is 11.1 Å². The zero-order chi connectivity index (χ0) is 23.4. The molecule has 170 valence electrons. The zero-order valence-electron chi connectivity index (χ0n) is 19.0. The maximum absolute atomic E-state index is 12.6. The molecule has 1 amide bonds. The minimum atomic E-state index is -1.49. The highest BCUT2D eigenvalue weighted by Crippen LogP contribution is 2.25. The molecule has 0 atom stereocenters. The first kappa shape index (κ1) is 24.4. The minimum Gasteiger partial charge on any atom is -0.543 e. The topological polar surface area (TPSA) is 110 Å². The second kappa shape index (κ2) is 9.51. The summed E-state index contributed by atoms with van der Waals surface area (Å²) in [7, 11) is 0. The Morgan fingerprint density at radius 2 is 1.71 bits per heavy atom. The van der Waals surface area contributed by atoms with Crippen LogP contribution in [-0.2, 0) is 14.3 Å². The van der Waals surface area contributed by atoms with Crippen molar-refractivity contribution in [3.05, 3.63) is 30.0 Å². The number of hydrogen-bond acceptors (Lipinski definition) is 6. The van der Waals surface area contributed by atoms with Gasteiger partial charge in [0.1, 0.15) is 0 Å². The van der Waals surface area contributed by atoms with Crippen LogP contribution in [0.15, 0.2) is 24.3 Å². The number of amides is 1. The highest BCUT2D eigenvalue weighted by molar-refractivity contribution is 6.02. The van der Waals surface area contributed by atoms with Crippen molar-refractivity contribution >= 4 is 34.6 Å². The Kier molecular flexibility index (Phi) is 7.49. The third-order valence-electron chi connectivity index (χ3n) is 4.42. The number of rotatable bonds is 7. The van der Waals surface area contributed by atoms with Gasteiger partial charge in [0.15, 0.2) is 0 Å². The van der Waals surface area contributed by atoms with Crippen molar-refractivity contribution in [2.24, 2.45) is 5.41 Å². The van der Waals surface area contributed by atoms with Crippen molar-refractivity contribution < 1.29 is 29.0 Å². The van der Waals surface area contributed by atoms with E-state index in [2.05, 4.69) is 5.32 Å². The van der Waals surface area contributed by atoms with Gasteiger partial charge in [-0.2, -0.15) is 0 Å². The Balaban J connectivity index is 2.22. The summed E-state index contributed by atoms with van der Waals surface area (Å²) in [6, 6.07) is 6.15. The highest BCUT2D eigenvalue weighted by atomic mass is 16.5. The van der Waals surface area contributed by atoms with Gasteiger partial charge in [-0.3, -0.25) is 4.79 Å². The number of benzene rings is 1. The third kappa shape index (κ3) is 7.40. The monoisotopic (exact) mass is 431 g/mol. The summed E-state index contributed by atoms with van der Waals surface area (Å²) in [5.74, 6) is -1.75. The maximum Gasteiger partial charge on any atom is 0.419 e. The molecule has 31 heavy (non-hydrogen) atoms. The number of hydrogen-bond donors (Lipinski definition) is 1. The number of ether oxygens (including phenoxy) is 2. The second-order valence-corrected chi connectivity index (χ2v) is 9.61. The van der Waals surface area contributed by atoms with Crippen LogP contribution in [0.4, 0.5) is 10.5 Å². The van der Waals surface area contributed by atoms with E-state index in [4.69, 9.17) is 9.47 Å². The van der Waals surface area contributed by atoms with Gasteiger partial charge in [-0.15, -0.1) is 0 Å². The number of anilines is 1. The van der Waals surface area contributed by atoms with Crippen molar-refractivity contribution in [1.82, 2.24) is 4.57 Å². The summed E-state index contributed by atoms with van der Waals surface area (Å²) in [5.41, 5.74) is 0.0560. The summed E-state index contributed by atoms with van der Waals surface area (Å²) in [5, 5.41) is 14.8. The summed E-state index contributed by atoms with van der Waals surface area (Å²) >= 11 is 0. The van der Waals surface area contributed by atoms with Gasteiger partial charge in [-0.05, 0) is 50.8 Å². The number of carboxylic acid groups (broad SMARTS) is 1. The molecule has 1 aromatic carbocycles. The minimum absolute atomic E-state index is 0.0373. The van der Waals surface area contributed by atoms with Crippen LogP contribution in [0.5, 0.6) is 0 Å². The first-order valence-corrected chi connectivity index (χ1v) is 10.2. The van der Waals surface area contributed by atoms with Crippen LogP contribution in [0.1, 0.15) is 64.9 Å². The average Bonchev–Trinajstić information content (AvgIpc) is 2.98. The van der Waals surface area contributed by atoms with E-state index in [0.29, 0.717) is 23.0 Å². The van der Waals surface area contributed by atoms with E-state index in [1.54, 1.807) is 12.1 Å². The fraction of sp³-hybridized carbons (Fsp3) is 0.522. The lowest BCUT2D eigenvalue weighted by Gasteiger charge is -2.19. The molecule has 0 bridgehead atoms. The molecule has 0 unspecified atom stereocenters. The van der Waals surface area contributed by atoms with E-state index in [-0.39, 0.29) is 42.3 Å². The smallest absolute Gasteiger partial charge is 0.419 e. The van der Waals surface area contributed by atoms with E-state index < -0.39 is 12.1 Å². The SMILES string of the molecule is CC(C)(C)CCOC(=O)n1c(C(=O)[O-])cc2ccc(NC(=O)CCOC(C)(C)C)cc21. The molecule has 0 aliphatic heterocycles. The molecule has 8 heteroatoms. The average molecular weight is 432 g/mol. The Morgan fingerprint density at radius 3 is 2.29 bits per heavy atom. The molecular formula is C23H31N2O6-. The lowest BCUT2D eigenvalue weighted by molar-refractivity contribution is -0.255. The van der Waals surface area contributed by atoms with Crippen LogP contribution < -0.4 is 10.4 Å². The highest BCUT2D eigenvalue weighted by Gasteiger charge is 2.19. The molecule has 8 nitrogen and oxygen atoms in total. The number of carbonyl (C=O) groups is 3. The molecule has 0 spiro atoms. The molecule has 1 heterocycles. The summed E-state index contributed by atoms with van der Waals surface area (Å²) in [4.78, 5) is 36.4. The number of aromatic nitrogens is 1. The predicted molar refractivity (Wildman–Crippen MR) is 116 cm³/mol. The number of nitrogens with zero attached hydrogens (tertiary/aromatic N) is 1. The van der Waals surface area contributed by atoms with Gasteiger partial charge >= 0.3 is 6.09 Å². The van der Waals surface area contributed by atoms with E-state index >= 15 is 0 Å². The number of nitrogens with one attached hydrogen (secondary N) is 1. The molecule has 0 saturated heterocycles. The lowest BCUT2D eigenvalue weighted by atomic mass is 9.93. The largest absolute Gasteiger partial charge is 0.543 e. The summed E-state index contributed by atoms with van der Waals surface area (Å²) in [6.07, 6.45) is -0.0214. The van der Waals surface area contributed by atoms with Gasteiger partial charge < -0.3 is 24.7 Å². The van der Waals surface area contributed by atoms with Gasteiger partial charge in [0.2, 0.25) is 5.91 Å². The van der Waals surface area contributed by atoms with Crippen molar-refractivity contribution in [3.63, 3.8) is 0 Å². The Bertz CT molecular complexity index is 963. The summed E-state index contributed by atoms with van der Waals surface area (Å²) in [6.45, 7) is 12.2. The molecule has 0 saturated carbocycles. The number of carboxylic acids is 1. The summed E-state index contributed by atoms with van der Waals surface area (Å²) < 4.78 is 11.8. The first-order valence-electron chi connectivity index (χ1n) is 10.2. The molecule has 2 aromatic rings. The van der Waals surface area contributed by atoms with Gasteiger partial charge in [0.25, 0.3) is 0 Å². The number of aromatic carboxylic acids is 1. The number of fused-ring (bicyclic) bond motifs is 1. The predicted octanol–water partition coefficient (Wildman–Crippen LogP) is 3.57. The van der Waals surface area contributed by atoms with Crippen LogP contribution in [0.3, 0.4) is 0 Å². The Morgan fingerprint density at radius 1 is 1.03 bits per heavy atom. The van der Waals surface area contributed by atoms with E-state index in [0.717, 1.165) is 4.57 Å². The Labute approximate surface area is 182 Å². The van der Waals surface area contributed by atoms with E-state index in [1.807, 2.05) is 41.5 Å².